The quantitative estimate of drug-likeness (QED) is 0.924. The first-order chi connectivity index (χ1) is 9.52. The number of rotatable bonds is 4. The van der Waals surface area contributed by atoms with Gasteiger partial charge >= 0.3 is 0 Å². The van der Waals surface area contributed by atoms with Gasteiger partial charge in [0.05, 0.1) is 22.2 Å². The summed E-state index contributed by atoms with van der Waals surface area (Å²) in [7, 11) is -2.89. The molecule has 0 unspecified atom stereocenters. The molecule has 0 saturated carbocycles. The van der Waals surface area contributed by atoms with Gasteiger partial charge in [-0.25, -0.2) is 8.42 Å². The Morgan fingerprint density at radius 1 is 1.30 bits per heavy atom. The Balaban J connectivity index is 2.12. The van der Waals surface area contributed by atoms with Crippen LogP contribution in [0.3, 0.4) is 0 Å². The van der Waals surface area contributed by atoms with Crippen LogP contribution in [0.1, 0.15) is 18.9 Å². The molecule has 1 aromatic carbocycles. The Hall–Kier alpha value is -0.780. The van der Waals surface area contributed by atoms with E-state index in [2.05, 4.69) is 17.1 Å². The number of halogens is 1. The first kappa shape index (κ1) is 15.6. The molecule has 0 aromatic heterocycles. The van der Waals surface area contributed by atoms with E-state index >= 15 is 0 Å². The molecule has 112 valence electrons. The second-order valence-corrected chi connectivity index (χ2v) is 7.77. The molecular weight excluding hydrogens is 296 g/mol. The van der Waals surface area contributed by atoms with Crippen LogP contribution in [0.5, 0.6) is 0 Å². The first-order valence-corrected chi connectivity index (χ1v) is 9.16. The molecule has 0 bridgehead atoms. The molecule has 1 aliphatic heterocycles. The van der Waals surface area contributed by atoms with Crippen LogP contribution in [-0.2, 0) is 16.4 Å². The highest BCUT2D eigenvalue weighted by atomic mass is 35.5. The second kappa shape index (κ2) is 6.78. The highest BCUT2D eigenvalue weighted by molar-refractivity contribution is 7.91. The first-order valence-electron chi connectivity index (χ1n) is 6.96. The van der Waals surface area contributed by atoms with Crippen molar-refractivity contribution in [3.63, 3.8) is 0 Å². The predicted molar refractivity (Wildman–Crippen MR) is 84.3 cm³/mol. The van der Waals surface area contributed by atoms with E-state index in [1.165, 1.54) is 0 Å². The molecule has 1 fully saturated rings. The zero-order valence-electron chi connectivity index (χ0n) is 11.7. The van der Waals surface area contributed by atoms with Crippen molar-refractivity contribution in [3.05, 3.63) is 28.8 Å². The van der Waals surface area contributed by atoms with Crippen LogP contribution in [-0.4, -0.2) is 39.6 Å². The average molecular weight is 317 g/mol. The molecule has 1 aromatic rings. The summed E-state index contributed by atoms with van der Waals surface area (Å²) in [5.74, 6) is 0.488. The van der Waals surface area contributed by atoms with Crippen LogP contribution in [0, 0.1) is 0 Å². The van der Waals surface area contributed by atoms with Gasteiger partial charge in [-0.3, -0.25) is 0 Å². The fourth-order valence-corrected chi connectivity index (χ4v) is 3.96. The molecule has 1 saturated heterocycles. The second-order valence-electron chi connectivity index (χ2n) is 5.06. The van der Waals surface area contributed by atoms with Gasteiger partial charge in [0.25, 0.3) is 0 Å². The lowest BCUT2D eigenvalue weighted by Crippen LogP contribution is -2.27. The van der Waals surface area contributed by atoms with Crippen LogP contribution in [0.2, 0.25) is 5.02 Å². The fourth-order valence-electron chi connectivity index (χ4n) is 2.37. The molecule has 0 amide bonds. The van der Waals surface area contributed by atoms with Crippen LogP contribution in [0.15, 0.2) is 18.2 Å². The maximum atomic E-state index is 11.6. The van der Waals surface area contributed by atoms with Crippen molar-refractivity contribution in [1.82, 2.24) is 5.32 Å². The summed E-state index contributed by atoms with van der Waals surface area (Å²) in [6, 6.07) is 6.00. The minimum atomic E-state index is -2.89. The van der Waals surface area contributed by atoms with Crippen LogP contribution >= 0.6 is 11.6 Å². The summed E-state index contributed by atoms with van der Waals surface area (Å²) < 4.78 is 23.3. The van der Waals surface area contributed by atoms with E-state index in [1.807, 2.05) is 18.2 Å². The maximum absolute atomic E-state index is 11.6. The zero-order valence-corrected chi connectivity index (χ0v) is 13.3. The van der Waals surface area contributed by atoms with Crippen molar-refractivity contribution < 1.29 is 8.42 Å². The van der Waals surface area contributed by atoms with Crippen LogP contribution in [0.25, 0.3) is 0 Å². The topological polar surface area (TPSA) is 49.4 Å². The predicted octanol–water partition coefficient (Wildman–Crippen LogP) is 2.07. The van der Waals surface area contributed by atoms with Crippen molar-refractivity contribution >= 4 is 27.1 Å². The van der Waals surface area contributed by atoms with Gasteiger partial charge in [-0.2, -0.15) is 0 Å². The fraction of sp³-hybridized carbons (Fsp3) is 0.571. The molecular formula is C14H21ClN2O2S. The monoisotopic (exact) mass is 316 g/mol. The zero-order chi connectivity index (χ0) is 14.6. The minimum absolute atomic E-state index is 0.211. The van der Waals surface area contributed by atoms with Crippen molar-refractivity contribution in [2.24, 2.45) is 0 Å². The average Bonchev–Trinajstić information content (AvgIpc) is 2.58. The Kier molecular flexibility index (Phi) is 5.29. The molecule has 0 atom stereocenters. The summed E-state index contributed by atoms with van der Waals surface area (Å²) >= 11 is 6.35. The van der Waals surface area contributed by atoms with Gasteiger partial charge < -0.3 is 10.2 Å². The van der Waals surface area contributed by atoms with Gasteiger partial charge in [-0.05, 0) is 30.7 Å². The van der Waals surface area contributed by atoms with E-state index in [0.717, 1.165) is 30.9 Å². The standard InChI is InChI=1S/C14H21ClN2O2S/c1-2-16-11-12-4-5-14(13(15)10-12)17-6-3-8-20(18,19)9-7-17/h4-5,10,16H,2-3,6-9,11H2,1H3. The SMILES string of the molecule is CCNCc1ccc(N2CCCS(=O)(=O)CC2)c(Cl)c1. The smallest absolute Gasteiger partial charge is 0.152 e. The van der Waals surface area contributed by atoms with Crippen molar-refractivity contribution in [1.29, 1.82) is 0 Å². The number of anilines is 1. The molecule has 0 spiro atoms. The van der Waals surface area contributed by atoms with Gasteiger partial charge in [0.2, 0.25) is 0 Å². The minimum Gasteiger partial charge on any atom is -0.369 e. The van der Waals surface area contributed by atoms with Crippen LogP contribution in [0.4, 0.5) is 5.69 Å². The lowest BCUT2D eigenvalue weighted by molar-refractivity contribution is 0.597. The lowest BCUT2D eigenvalue weighted by atomic mass is 10.2. The molecule has 20 heavy (non-hydrogen) atoms. The van der Waals surface area contributed by atoms with Crippen molar-refractivity contribution in [2.45, 2.75) is 19.9 Å². The molecule has 0 radical (unpaired) electrons. The third-order valence-corrected chi connectivity index (χ3v) is 5.51. The number of benzene rings is 1. The number of hydrogen-bond acceptors (Lipinski definition) is 4. The Labute approximate surface area is 126 Å². The largest absolute Gasteiger partial charge is 0.369 e. The lowest BCUT2D eigenvalue weighted by Gasteiger charge is -2.23. The summed E-state index contributed by atoms with van der Waals surface area (Å²) in [6.07, 6.45) is 0.664. The van der Waals surface area contributed by atoms with E-state index in [1.54, 1.807) is 0 Å². The van der Waals surface area contributed by atoms with Crippen molar-refractivity contribution in [3.8, 4) is 0 Å². The van der Waals surface area contributed by atoms with Gasteiger partial charge in [0, 0.05) is 19.6 Å². The number of nitrogens with zero attached hydrogens (tertiary/aromatic N) is 1. The summed E-state index contributed by atoms with van der Waals surface area (Å²) in [5.41, 5.74) is 2.08. The van der Waals surface area contributed by atoms with E-state index in [0.29, 0.717) is 18.0 Å². The van der Waals surface area contributed by atoms with Gasteiger partial charge in [-0.15, -0.1) is 0 Å². The van der Waals surface area contributed by atoms with E-state index in [9.17, 15) is 8.42 Å². The number of sulfone groups is 1. The molecule has 1 aliphatic rings. The van der Waals surface area contributed by atoms with Crippen molar-refractivity contribution in [2.75, 3.05) is 36.0 Å². The van der Waals surface area contributed by atoms with Gasteiger partial charge in [-0.1, -0.05) is 24.6 Å². The van der Waals surface area contributed by atoms with E-state index < -0.39 is 9.84 Å². The molecule has 1 heterocycles. The van der Waals surface area contributed by atoms with Gasteiger partial charge in [0.1, 0.15) is 0 Å². The molecule has 1 N–H and O–H groups in total. The third-order valence-electron chi connectivity index (χ3n) is 3.49. The summed E-state index contributed by atoms with van der Waals surface area (Å²) in [4.78, 5) is 2.07. The number of hydrogen-bond donors (Lipinski definition) is 1. The summed E-state index contributed by atoms with van der Waals surface area (Å²) in [6.45, 7) is 5.04. The molecule has 4 nitrogen and oxygen atoms in total. The highest BCUT2D eigenvalue weighted by Crippen LogP contribution is 2.28. The molecule has 2 rings (SSSR count). The number of nitrogens with one attached hydrogen (secondary N) is 1. The third kappa shape index (κ3) is 4.11. The Morgan fingerprint density at radius 2 is 2.10 bits per heavy atom. The maximum Gasteiger partial charge on any atom is 0.152 e. The molecule has 6 heteroatoms. The van der Waals surface area contributed by atoms with Crippen LogP contribution < -0.4 is 10.2 Å². The normalized spacial score (nSPS) is 18.8. The van der Waals surface area contributed by atoms with E-state index in [4.69, 9.17) is 11.6 Å². The Bertz CT molecular complexity index is 560. The van der Waals surface area contributed by atoms with Gasteiger partial charge in [0.15, 0.2) is 9.84 Å². The molecule has 0 aliphatic carbocycles. The highest BCUT2D eigenvalue weighted by Gasteiger charge is 2.20. The Morgan fingerprint density at radius 3 is 2.80 bits per heavy atom. The van der Waals surface area contributed by atoms with E-state index in [-0.39, 0.29) is 11.5 Å². The summed E-state index contributed by atoms with van der Waals surface area (Å²) in [5, 5.41) is 3.95.